The summed E-state index contributed by atoms with van der Waals surface area (Å²) in [6, 6.07) is 13.0. The molecule has 6 nitrogen and oxygen atoms in total. The van der Waals surface area contributed by atoms with Gasteiger partial charge < -0.3 is 19.0 Å². The first-order valence-corrected chi connectivity index (χ1v) is 13.1. The zero-order valence-electron chi connectivity index (χ0n) is 21.9. The van der Waals surface area contributed by atoms with Crippen molar-refractivity contribution in [1.29, 1.82) is 0 Å². The predicted molar refractivity (Wildman–Crippen MR) is 144 cm³/mol. The molecule has 0 unspecified atom stereocenters. The van der Waals surface area contributed by atoms with Crippen molar-refractivity contribution in [3.63, 3.8) is 0 Å². The van der Waals surface area contributed by atoms with Crippen LogP contribution in [0.3, 0.4) is 0 Å². The average molecular weight is 546 g/mol. The van der Waals surface area contributed by atoms with Gasteiger partial charge in [-0.2, -0.15) is 0 Å². The maximum absolute atomic E-state index is 15.5. The number of esters is 1. The van der Waals surface area contributed by atoms with Crippen LogP contribution in [-0.4, -0.2) is 27.1 Å². The Morgan fingerprint density at radius 3 is 2.80 bits per heavy atom. The van der Waals surface area contributed by atoms with Gasteiger partial charge in [0.05, 0.1) is 18.5 Å². The van der Waals surface area contributed by atoms with Crippen molar-refractivity contribution >= 4 is 16.9 Å². The molecule has 9 heteroatoms. The number of rotatable bonds is 7. The molecule has 0 bridgehead atoms. The number of carbonyl (C=O) groups is 1. The lowest BCUT2D eigenvalue weighted by Crippen LogP contribution is -2.16. The van der Waals surface area contributed by atoms with E-state index >= 15 is 4.39 Å². The van der Waals surface area contributed by atoms with E-state index in [0.717, 1.165) is 16.8 Å². The Kier molecular flexibility index (Phi) is 6.57. The lowest BCUT2D eigenvalue weighted by Gasteiger charge is -2.23. The van der Waals surface area contributed by atoms with Crippen LogP contribution in [0.15, 0.2) is 60.9 Å². The summed E-state index contributed by atoms with van der Waals surface area (Å²) in [5, 5.41) is 0.238. The third-order valence-electron chi connectivity index (χ3n) is 7.39. The fourth-order valence-corrected chi connectivity index (χ4v) is 5.38. The topological polar surface area (TPSA) is 69.1 Å². The van der Waals surface area contributed by atoms with Crippen LogP contribution in [0.4, 0.5) is 13.2 Å². The second-order valence-electron chi connectivity index (χ2n) is 9.79. The Bertz CT molecular complexity index is 1760. The van der Waals surface area contributed by atoms with Crippen molar-refractivity contribution in [2.75, 3.05) is 6.61 Å². The third-order valence-corrected chi connectivity index (χ3v) is 7.39. The number of aromatic amines is 1. The average Bonchev–Trinajstić information content (AvgIpc) is 3.59. The zero-order valence-corrected chi connectivity index (χ0v) is 21.9. The number of benzene rings is 3. The smallest absolute Gasteiger partial charge is 0.310 e. The van der Waals surface area contributed by atoms with E-state index in [4.69, 9.17) is 9.47 Å². The number of hydrogen-bond acceptors (Lipinski definition) is 4. The van der Waals surface area contributed by atoms with Gasteiger partial charge in [0.25, 0.3) is 0 Å². The molecule has 0 aliphatic carbocycles. The van der Waals surface area contributed by atoms with Crippen LogP contribution in [0.5, 0.6) is 11.5 Å². The monoisotopic (exact) mass is 545 g/mol. The van der Waals surface area contributed by atoms with E-state index in [1.54, 1.807) is 43.5 Å². The minimum atomic E-state index is -0.810. The number of H-pyrrole nitrogens is 1. The minimum absolute atomic E-state index is 0.140. The van der Waals surface area contributed by atoms with Crippen LogP contribution >= 0.6 is 0 Å². The minimum Gasteiger partial charge on any atom is -0.466 e. The van der Waals surface area contributed by atoms with Crippen molar-refractivity contribution in [3.05, 3.63) is 101 Å². The number of aryl methyl sites for hydroxylation is 1. The van der Waals surface area contributed by atoms with Crippen LogP contribution in [0.25, 0.3) is 22.3 Å². The van der Waals surface area contributed by atoms with Crippen molar-refractivity contribution in [2.24, 2.45) is 0 Å². The molecule has 40 heavy (non-hydrogen) atoms. The highest BCUT2D eigenvalue weighted by molar-refractivity contribution is 5.82. The number of nitrogens with one attached hydrogen (secondary N) is 1. The van der Waals surface area contributed by atoms with Crippen LogP contribution in [0.2, 0.25) is 0 Å². The van der Waals surface area contributed by atoms with Gasteiger partial charge in [-0.1, -0.05) is 31.2 Å². The van der Waals surface area contributed by atoms with E-state index in [9.17, 15) is 13.6 Å². The molecule has 204 valence electrons. The van der Waals surface area contributed by atoms with Crippen LogP contribution in [-0.2, 0) is 28.9 Å². The fraction of sp³-hybridized carbons (Fsp3) is 0.226. The summed E-state index contributed by atoms with van der Waals surface area (Å²) in [5.41, 5.74) is 3.70. The summed E-state index contributed by atoms with van der Waals surface area (Å²) in [7, 11) is 0. The van der Waals surface area contributed by atoms with Gasteiger partial charge in [0.2, 0.25) is 0 Å². The molecule has 6 rings (SSSR count). The molecule has 0 spiro atoms. The normalized spacial score (nSPS) is 13.1. The predicted octanol–water partition coefficient (Wildman–Crippen LogP) is 7.05. The summed E-state index contributed by atoms with van der Waals surface area (Å²) in [5.74, 6) is -2.38. The van der Waals surface area contributed by atoms with Gasteiger partial charge >= 0.3 is 5.97 Å². The van der Waals surface area contributed by atoms with Gasteiger partial charge in [-0.3, -0.25) is 4.79 Å². The summed E-state index contributed by atoms with van der Waals surface area (Å²) in [6.07, 6.45) is 3.82. The van der Waals surface area contributed by atoms with Crippen molar-refractivity contribution < 1.29 is 27.4 Å². The third kappa shape index (κ3) is 4.41. The lowest BCUT2D eigenvalue weighted by atomic mass is 9.94. The SMILES string of the molecule is CCOC(=O)Cc1cccc([C@@H](C)c2cnc3n2CCc2ccc(Oc4c(F)cc5[nH]ccc5c4F)cc2-3)c1F. The summed E-state index contributed by atoms with van der Waals surface area (Å²) < 4.78 is 57.9. The highest BCUT2D eigenvalue weighted by Gasteiger charge is 2.26. The molecule has 0 saturated carbocycles. The van der Waals surface area contributed by atoms with E-state index in [1.807, 2.05) is 17.6 Å². The molecule has 2 aromatic heterocycles. The van der Waals surface area contributed by atoms with Gasteiger partial charge in [-0.05, 0) is 48.2 Å². The molecular weight excluding hydrogens is 519 g/mol. The Hall–Kier alpha value is -4.53. The summed E-state index contributed by atoms with van der Waals surface area (Å²) in [6.45, 7) is 4.48. The van der Waals surface area contributed by atoms with Gasteiger partial charge in [0.15, 0.2) is 17.4 Å². The van der Waals surface area contributed by atoms with E-state index in [0.29, 0.717) is 29.9 Å². The van der Waals surface area contributed by atoms with E-state index in [2.05, 4.69) is 9.97 Å². The maximum Gasteiger partial charge on any atom is 0.310 e. The molecule has 0 saturated heterocycles. The summed E-state index contributed by atoms with van der Waals surface area (Å²) in [4.78, 5) is 19.4. The maximum atomic E-state index is 15.5. The largest absolute Gasteiger partial charge is 0.466 e. The number of imidazole rings is 1. The molecule has 0 fully saturated rings. The first-order chi connectivity index (χ1) is 19.4. The van der Waals surface area contributed by atoms with E-state index in [1.165, 1.54) is 18.3 Å². The van der Waals surface area contributed by atoms with Gasteiger partial charge in [0, 0.05) is 47.6 Å². The number of aromatic nitrogens is 3. The molecule has 0 amide bonds. The van der Waals surface area contributed by atoms with Crippen molar-refractivity contribution in [1.82, 2.24) is 14.5 Å². The second-order valence-corrected chi connectivity index (χ2v) is 9.79. The number of nitrogens with zero attached hydrogens (tertiary/aromatic N) is 2. The number of halogens is 3. The van der Waals surface area contributed by atoms with Crippen molar-refractivity contribution in [3.8, 4) is 22.9 Å². The molecule has 1 aliphatic heterocycles. The number of fused-ring (bicyclic) bond motifs is 4. The number of hydrogen-bond donors (Lipinski definition) is 1. The zero-order chi connectivity index (χ0) is 28.0. The fourth-order valence-electron chi connectivity index (χ4n) is 5.38. The van der Waals surface area contributed by atoms with E-state index in [-0.39, 0.29) is 35.6 Å². The Morgan fingerprint density at radius 1 is 1.12 bits per heavy atom. The van der Waals surface area contributed by atoms with Gasteiger partial charge in [-0.25, -0.2) is 18.2 Å². The molecule has 0 radical (unpaired) electrons. The summed E-state index contributed by atoms with van der Waals surface area (Å²) >= 11 is 0. The Labute approximate surface area is 228 Å². The second kappa shape index (κ2) is 10.2. The highest BCUT2D eigenvalue weighted by atomic mass is 19.1. The quantitative estimate of drug-likeness (QED) is 0.223. The molecule has 3 aromatic carbocycles. The molecule has 3 heterocycles. The molecule has 5 aromatic rings. The van der Waals surface area contributed by atoms with Gasteiger partial charge in [-0.15, -0.1) is 0 Å². The first-order valence-electron chi connectivity index (χ1n) is 13.1. The van der Waals surface area contributed by atoms with Crippen LogP contribution in [0, 0.1) is 17.5 Å². The highest BCUT2D eigenvalue weighted by Crippen LogP contribution is 2.39. The number of ether oxygens (including phenoxy) is 2. The van der Waals surface area contributed by atoms with Crippen LogP contribution in [0.1, 0.15) is 42.1 Å². The van der Waals surface area contributed by atoms with Crippen LogP contribution < -0.4 is 4.74 Å². The first kappa shape index (κ1) is 25.7. The molecule has 1 N–H and O–H groups in total. The standard InChI is InChI=1S/C31H26F3N3O3/c1-3-39-27(38)13-19-5-4-6-21(28(19)33)17(2)26-16-36-31-23-14-20(8-7-18(23)10-12-37(26)31)40-30-24(32)15-25-22(29(30)34)9-11-35-25/h4-9,11,14-17,35H,3,10,12-13H2,1-2H3/t17-/m1/s1. The lowest BCUT2D eigenvalue weighted by molar-refractivity contribution is -0.142. The van der Waals surface area contributed by atoms with Gasteiger partial charge in [0.1, 0.15) is 17.4 Å². The molecule has 1 atom stereocenters. The Morgan fingerprint density at radius 2 is 1.98 bits per heavy atom. The van der Waals surface area contributed by atoms with Crippen molar-refractivity contribution in [2.45, 2.75) is 39.2 Å². The number of carbonyl (C=O) groups excluding carboxylic acids is 1. The van der Waals surface area contributed by atoms with E-state index < -0.39 is 29.2 Å². The Balaban J connectivity index is 1.32. The molecule has 1 aliphatic rings. The molecular formula is C31H26F3N3O3.